The van der Waals surface area contributed by atoms with Crippen molar-refractivity contribution in [2.45, 2.75) is 38.1 Å². The van der Waals surface area contributed by atoms with Gasteiger partial charge in [0, 0.05) is 24.0 Å². The number of hydrogen-bond acceptors (Lipinski definition) is 8. The molecule has 4 aromatic rings. The van der Waals surface area contributed by atoms with Crippen molar-refractivity contribution in [1.82, 2.24) is 15.0 Å². The zero-order valence-electron chi connectivity index (χ0n) is 20.0. The number of methoxy groups -OCH3 is 1. The molecular formula is C26H26FN5O3S. The molecule has 8 nitrogen and oxygen atoms in total. The first-order chi connectivity index (χ1) is 17.4. The largest absolute Gasteiger partial charge is 0.464 e. The molecule has 0 atom stereocenters. The van der Waals surface area contributed by atoms with Crippen LogP contribution in [0.1, 0.15) is 42.6 Å². The number of esters is 1. The van der Waals surface area contributed by atoms with E-state index >= 15 is 0 Å². The Hall–Kier alpha value is -3.79. The number of nitrogens with zero attached hydrogens (tertiary/aromatic N) is 3. The second kappa shape index (κ2) is 10.1. The van der Waals surface area contributed by atoms with E-state index in [0.29, 0.717) is 33.5 Å². The minimum absolute atomic E-state index is 0.286. The molecule has 2 heterocycles. The summed E-state index contributed by atoms with van der Waals surface area (Å²) < 4.78 is 19.0. The predicted octanol–water partition coefficient (Wildman–Crippen LogP) is 5.48. The smallest absolute Gasteiger partial charge is 0.362 e. The number of H-pyrrole nitrogens is 1. The second-order valence-electron chi connectivity index (χ2n) is 8.84. The highest BCUT2D eigenvalue weighted by Crippen LogP contribution is 2.37. The van der Waals surface area contributed by atoms with Crippen LogP contribution in [0.5, 0.6) is 0 Å². The van der Waals surface area contributed by atoms with Gasteiger partial charge in [-0.3, -0.25) is 4.79 Å². The van der Waals surface area contributed by atoms with Crippen molar-refractivity contribution < 1.29 is 13.9 Å². The van der Waals surface area contributed by atoms with Crippen LogP contribution < -0.4 is 15.8 Å². The van der Waals surface area contributed by atoms with Gasteiger partial charge in [-0.15, -0.1) is 11.3 Å². The number of fused-ring (bicyclic) bond motifs is 1. The molecule has 0 unspecified atom stereocenters. The lowest BCUT2D eigenvalue weighted by Crippen LogP contribution is -2.33. The molecule has 1 saturated carbocycles. The Balaban J connectivity index is 1.57. The zero-order chi connectivity index (χ0) is 25.2. The van der Waals surface area contributed by atoms with Gasteiger partial charge in [-0.1, -0.05) is 31.4 Å². The van der Waals surface area contributed by atoms with Crippen molar-refractivity contribution in [2.24, 2.45) is 0 Å². The number of carbonyl (C=O) groups excluding carboxylic acids is 1. The normalized spacial score (nSPS) is 14.1. The average Bonchev–Trinajstić information content (AvgIpc) is 3.36. The van der Waals surface area contributed by atoms with Gasteiger partial charge in [-0.25, -0.2) is 19.2 Å². The van der Waals surface area contributed by atoms with Gasteiger partial charge in [0.05, 0.1) is 35.2 Å². The summed E-state index contributed by atoms with van der Waals surface area (Å²) in [6.45, 7) is 0. The van der Waals surface area contributed by atoms with E-state index in [1.165, 1.54) is 43.8 Å². The maximum Gasteiger partial charge on any atom is 0.362 e. The van der Waals surface area contributed by atoms with Crippen LogP contribution >= 0.6 is 11.3 Å². The molecule has 0 radical (unpaired) electrons. The summed E-state index contributed by atoms with van der Waals surface area (Å²) in [7, 11) is 3.26. The monoisotopic (exact) mass is 507 g/mol. The van der Waals surface area contributed by atoms with Crippen LogP contribution in [0.15, 0.2) is 46.6 Å². The summed E-state index contributed by atoms with van der Waals surface area (Å²) in [5, 5.41) is 5.76. The number of benzene rings is 2. The minimum atomic E-state index is -0.786. The third-order valence-electron chi connectivity index (χ3n) is 6.59. The van der Waals surface area contributed by atoms with Crippen LogP contribution in [0.4, 0.5) is 20.9 Å². The summed E-state index contributed by atoms with van der Waals surface area (Å²) in [4.78, 5) is 38.4. The topological polar surface area (TPSA) is 100 Å². The van der Waals surface area contributed by atoms with Gasteiger partial charge < -0.3 is 19.9 Å². The molecule has 5 rings (SSSR count). The third-order valence-corrected chi connectivity index (χ3v) is 7.34. The Morgan fingerprint density at radius 3 is 2.72 bits per heavy atom. The number of aromatic nitrogens is 3. The van der Waals surface area contributed by atoms with Crippen molar-refractivity contribution in [3.8, 4) is 11.3 Å². The van der Waals surface area contributed by atoms with Crippen molar-refractivity contribution >= 4 is 44.8 Å². The molecule has 10 heteroatoms. The minimum Gasteiger partial charge on any atom is -0.464 e. The first-order valence-electron chi connectivity index (χ1n) is 11.8. The van der Waals surface area contributed by atoms with E-state index in [1.807, 2.05) is 13.1 Å². The summed E-state index contributed by atoms with van der Waals surface area (Å²) >= 11 is 1.37. The first kappa shape index (κ1) is 23.9. The molecule has 1 aliphatic carbocycles. The predicted molar refractivity (Wildman–Crippen MR) is 140 cm³/mol. The van der Waals surface area contributed by atoms with Crippen LogP contribution in [0.3, 0.4) is 0 Å². The van der Waals surface area contributed by atoms with E-state index in [0.717, 1.165) is 24.2 Å². The molecule has 186 valence electrons. The van der Waals surface area contributed by atoms with Gasteiger partial charge in [-0.2, -0.15) is 0 Å². The van der Waals surface area contributed by atoms with E-state index in [-0.39, 0.29) is 11.5 Å². The van der Waals surface area contributed by atoms with Gasteiger partial charge in [0.1, 0.15) is 5.82 Å². The Morgan fingerprint density at radius 2 is 1.97 bits per heavy atom. The van der Waals surface area contributed by atoms with Crippen LogP contribution in [0, 0.1) is 5.82 Å². The summed E-state index contributed by atoms with van der Waals surface area (Å²) in [6, 6.07) is 10.5. The fourth-order valence-electron chi connectivity index (χ4n) is 4.65. The summed E-state index contributed by atoms with van der Waals surface area (Å²) in [6.07, 6.45) is 5.73. The SMILES string of the molecule is COC(=O)c1nc2cc(N(C)C3CCCCC3)c(Nc3nc(-c4ccccc4F)cs3)cc2[nH]c1=O. The molecule has 36 heavy (non-hydrogen) atoms. The fraction of sp³-hybridized carbons (Fsp3) is 0.308. The molecule has 0 amide bonds. The van der Waals surface area contributed by atoms with E-state index in [4.69, 9.17) is 4.74 Å². The highest BCUT2D eigenvalue weighted by Gasteiger charge is 2.23. The van der Waals surface area contributed by atoms with E-state index in [1.54, 1.807) is 29.6 Å². The van der Waals surface area contributed by atoms with Gasteiger partial charge >= 0.3 is 5.97 Å². The quantitative estimate of drug-likeness (QED) is 0.333. The van der Waals surface area contributed by atoms with Gasteiger partial charge in [0.25, 0.3) is 5.56 Å². The van der Waals surface area contributed by atoms with Gasteiger partial charge in [0.2, 0.25) is 5.69 Å². The Morgan fingerprint density at radius 1 is 1.19 bits per heavy atom. The molecular weight excluding hydrogens is 481 g/mol. The van der Waals surface area contributed by atoms with Crippen LogP contribution in [0.25, 0.3) is 22.3 Å². The van der Waals surface area contributed by atoms with Crippen LogP contribution in [0.2, 0.25) is 0 Å². The number of carbonyl (C=O) groups is 1. The number of ether oxygens (including phenoxy) is 1. The fourth-order valence-corrected chi connectivity index (χ4v) is 5.38. The number of hydrogen-bond donors (Lipinski definition) is 2. The first-order valence-corrected chi connectivity index (χ1v) is 12.7. The van der Waals surface area contributed by atoms with Crippen molar-refractivity contribution in [2.75, 3.05) is 24.4 Å². The molecule has 2 N–H and O–H groups in total. The summed E-state index contributed by atoms with van der Waals surface area (Å²) in [5.41, 5.74) is 2.62. The maximum atomic E-state index is 14.3. The molecule has 2 aromatic carbocycles. The number of rotatable bonds is 6. The molecule has 2 aromatic heterocycles. The highest BCUT2D eigenvalue weighted by atomic mass is 32.1. The number of thiazole rings is 1. The molecule has 0 spiro atoms. The van der Waals surface area contributed by atoms with E-state index < -0.39 is 11.5 Å². The molecule has 0 bridgehead atoms. The standard InChI is InChI=1S/C26H26FN5O3S/c1-32(15-8-4-3-5-9-15)22-13-19-18(29-24(33)23(28-19)25(34)35-2)12-20(22)30-26-31-21(14-36-26)16-10-6-7-11-17(16)27/h6-7,10-15H,3-5,8-9H2,1-2H3,(H,29,33)(H,30,31). The second-order valence-corrected chi connectivity index (χ2v) is 9.70. The number of nitrogens with one attached hydrogen (secondary N) is 2. The third kappa shape index (κ3) is 4.68. The Labute approximate surface area is 211 Å². The van der Waals surface area contributed by atoms with Crippen molar-refractivity contribution in [3.05, 3.63) is 63.6 Å². The molecule has 1 aliphatic rings. The molecule has 0 aliphatic heterocycles. The Bertz CT molecular complexity index is 1480. The average molecular weight is 508 g/mol. The van der Waals surface area contributed by atoms with Crippen LogP contribution in [-0.4, -0.2) is 41.1 Å². The van der Waals surface area contributed by atoms with E-state index in [2.05, 4.69) is 25.2 Å². The molecule has 1 fully saturated rings. The lowest BCUT2D eigenvalue weighted by Gasteiger charge is -2.34. The van der Waals surface area contributed by atoms with E-state index in [9.17, 15) is 14.0 Å². The molecule has 0 saturated heterocycles. The van der Waals surface area contributed by atoms with Crippen LogP contribution in [-0.2, 0) is 4.74 Å². The highest BCUT2D eigenvalue weighted by molar-refractivity contribution is 7.14. The summed E-state index contributed by atoms with van der Waals surface area (Å²) in [5.74, 6) is -1.12. The lowest BCUT2D eigenvalue weighted by atomic mass is 9.94. The Kier molecular flexibility index (Phi) is 6.69. The van der Waals surface area contributed by atoms with Gasteiger partial charge in [-0.05, 0) is 37.1 Å². The number of anilines is 3. The zero-order valence-corrected chi connectivity index (χ0v) is 20.8. The lowest BCUT2D eigenvalue weighted by molar-refractivity contribution is 0.0592. The van der Waals surface area contributed by atoms with Crippen molar-refractivity contribution in [3.63, 3.8) is 0 Å². The number of aromatic amines is 1. The van der Waals surface area contributed by atoms with Crippen molar-refractivity contribution in [1.29, 1.82) is 0 Å². The maximum absolute atomic E-state index is 14.3. The van der Waals surface area contributed by atoms with Gasteiger partial charge in [0.15, 0.2) is 5.13 Å². The number of halogens is 1.